The Hall–Kier alpha value is -1.82. The first-order valence-corrected chi connectivity index (χ1v) is 9.57. The van der Waals surface area contributed by atoms with Gasteiger partial charge in [-0.1, -0.05) is 29.3 Å². The van der Waals surface area contributed by atoms with E-state index in [1.807, 2.05) is 37.4 Å². The van der Waals surface area contributed by atoms with Gasteiger partial charge in [0.25, 0.3) is 5.91 Å². The Balaban J connectivity index is 2.14. The first kappa shape index (κ1) is 18.0. The van der Waals surface area contributed by atoms with Gasteiger partial charge >= 0.3 is 0 Å². The van der Waals surface area contributed by atoms with Crippen molar-refractivity contribution in [1.82, 2.24) is 14.7 Å². The zero-order valence-electron chi connectivity index (χ0n) is 13.9. The Kier molecular flexibility index (Phi) is 5.47. The van der Waals surface area contributed by atoms with Crippen LogP contribution in [0.15, 0.2) is 41.8 Å². The zero-order valence-corrected chi connectivity index (χ0v) is 16.2. The molecule has 0 fully saturated rings. The monoisotopic (exact) mass is 393 g/mol. The van der Waals surface area contributed by atoms with Crippen molar-refractivity contribution in [3.8, 4) is 16.3 Å². The largest absolute Gasteiger partial charge is 0.338 e. The topological polar surface area (TPSA) is 38.1 Å². The van der Waals surface area contributed by atoms with E-state index in [1.165, 1.54) is 0 Å². The van der Waals surface area contributed by atoms with Gasteiger partial charge in [-0.05, 0) is 49.6 Å². The number of halogens is 2. The summed E-state index contributed by atoms with van der Waals surface area (Å²) >= 11 is 13.8. The third kappa shape index (κ3) is 3.59. The Labute approximate surface area is 160 Å². The number of aromatic nitrogens is 2. The number of nitrogens with zero attached hydrogens (tertiary/aromatic N) is 3. The number of carbonyl (C=O) groups excluding carboxylic acids is 1. The van der Waals surface area contributed by atoms with Crippen molar-refractivity contribution in [2.75, 3.05) is 13.1 Å². The van der Waals surface area contributed by atoms with E-state index in [-0.39, 0.29) is 5.91 Å². The lowest BCUT2D eigenvalue weighted by atomic mass is 10.2. The van der Waals surface area contributed by atoms with Crippen LogP contribution in [0.5, 0.6) is 0 Å². The van der Waals surface area contributed by atoms with E-state index >= 15 is 0 Å². The molecular formula is C18H17Cl2N3OS. The van der Waals surface area contributed by atoms with E-state index in [9.17, 15) is 4.79 Å². The van der Waals surface area contributed by atoms with Gasteiger partial charge in [0.2, 0.25) is 0 Å². The Morgan fingerprint density at radius 2 is 1.92 bits per heavy atom. The molecule has 130 valence electrons. The fourth-order valence-corrected chi connectivity index (χ4v) is 3.54. The molecule has 0 saturated carbocycles. The highest BCUT2D eigenvalue weighted by Gasteiger charge is 2.21. The minimum atomic E-state index is -0.0635. The lowest BCUT2D eigenvalue weighted by Gasteiger charge is -2.19. The number of rotatable bonds is 5. The fourth-order valence-electron chi connectivity index (χ4n) is 2.56. The Morgan fingerprint density at radius 1 is 1.16 bits per heavy atom. The second kappa shape index (κ2) is 7.60. The van der Waals surface area contributed by atoms with Gasteiger partial charge < -0.3 is 4.90 Å². The number of thiophene rings is 1. The predicted molar refractivity (Wildman–Crippen MR) is 104 cm³/mol. The standard InChI is InChI=1S/C18H17Cl2N3OS/c1-3-22(4-2)18(24)16-11-15(17-6-5-9-25-17)21-23(16)12-7-8-13(19)14(20)10-12/h5-11H,3-4H2,1-2H3. The summed E-state index contributed by atoms with van der Waals surface area (Å²) in [4.78, 5) is 15.7. The molecule has 1 amide bonds. The van der Waals surface area contributed by atoms with Crippen LogP contribution in [0.25, 0.3) is 16.3 Å². The van der Waals surface area contributed by atoms with Crippen molar-refractivity contribution in [1.29, 1.82) is 0 Å². The molecule has 25 heavy (non-hydrogen) atoms. The molecule has 4 nitrogen and oxygen atoms in total. The smallest absolute Gasteiger partial charge is 0.272 e. The van der Waals surface area contributed by atoms with Gasteiger partial charge in [0.15, 0.2) is 0 Å². The first-order chi connectivity index (χ1) is 12.0. The number of carbonyl (C=O) groups is 1. The molecule has 0 aliphatic carbocycles. The van der Waals surface area contributed by atoms with Crippen molar-refractivity contribution in [2.24, 2.45) is 0 Å². The molecule has 2 heterocycles. The maximum Gasteiger partial charge on any atom is 0.272 e. The van der Waals surface area contributed by atoms with Gasteiger partial charge in [-0.3, -0.25) is 4.79 Å². The first-order valence-electron chi connectivity index (χ1n) is 7.93. The summed E-state index contributed by atoms with van der Waals surface area (Å²) in [6, 6.07) is 11.0. The van der Waals surface area contributed by atoms with Gasteiger partial charge in [0.1, 0.15) is 11.4 Å². The second-order valence-electron chi connectivity index (χ2n) is 5.38. The van der Waals surface area contributed by atoms with Crippen molar-refractivity contribution < 1.29 is 4.79 Å². The molecule has 0 bridgehead atoms. The molecule has 0 radical (unpaired) electrons. The third-order valence-electron chi connectivity index (χ3n) is 3.90. The average Bonchev–Trinajstić information content (AvgIpc) is 3.27. The summed E-state index contributed by atoms with van der Waals surface area (Å²) in [5.41, 5.74) is 1.97. The van der Waals surface area contributed by atoms with Crippen molar-refractivity contribution in [2.45, 2.75) is 13.8 Å². The van der Waals surface area contributed by atoms with Crippen molar-refractivity contribution in [3.05, 3.63) is 57.5 Å². The molecule has 7 heteroatoms. The summed E-state index contributed by atoms with van der Waals surface area (Å²) < 4.78 is 1.64. The van der Waals surface area contributed by atoms with E-state index in [0.29, 0.717) is 34.5 Å². The molecular weight excluding hydrogens is 377 g/mol. The number of hydrogen-bond acceptors (Lipinski definition) is 3. The summed E-state index contributed by atoms with van der Waals surface area (Å²) in [6.45, 7) is 5.19. The van der Waals surface area contributed by atoms with Crippen LogP contribution in [-0.2, 0) is 0 Å². The highest BCUT2D eigenvalue weighted by Crippen LogP contribution is 2.29. The fraction of sp³-hybridized carbons (Fsp3) is 0.222. The highest BCUT2D eigenvalue weighted by molar-refractivity contribution is 7.13. The van der Waals surface area contributed by atoms with Crippen LogP contribution in [0.4, 0.5) is 0 Å². The van der Waals surface area contributed by atoms with Gasteiger partial charge in [0, 0.05) is 13.1 Å². The van der Waals surface area contributed by atoms with Crippen LogP contribution in [0.2, 0.25) is 10.0 Å². The van der Waals surface area contributed by atoms with E-state index in [4.69, 9.17) is 23.2 Å². The summed E-state index contributed by atoms with van der Waals surface area (Å²) in [5.74, 6) is -0.0635. The second-order valence-corrected chi connectivity index (χ2v) is 7.14. The van der Waals surface area contributed by atoms with Crippen LogP contribution >= 0.6 is 34.5 Å². The van der Waals surface area contributed by atoms with Crippen LogP contribution in [0.3, 0.4) is 0 Å². The van der Waals surface area contributed by atoms with Crippen molar-refractivity contribution >= 4 is 40.4 Å². The van der Waals surface area contributed by atoms with Crippen LogP contribution in [0.1, 0.15) is 24.3 Å². The van der Waals surface area contributed by atoms with E-state index in [2.05, 4.69) is 5.10 Å². The molecule has 0 aliphatic heterocycles. The molecule has 0 unspecified atom stereocenters. The predicted octanol–water partition coefficient (Wildman–Crippen LogP) is 5.39. The minimum absolute atomic E-state index is 0.0635. The molecule has 2 aromatic heterocycles. The lowest BCUT2D eigenvalue weighted by Crippen LogP contribution is -2.32. The van der Waals surface area contributed by atoms with E-state index in [0.717, 1.165) is 10.6 Å². The van der Waals surface area contributed by atoms with E-state index in [1.54, 1.807) is 39.1 Å². The molecule has 0 saturated heterocycles. The normalized spacial score (nSPS) is 10.9. The van der Waals surface area contributed by atoms with Gasteiger partial charge in [-0.25, -0.2) is 4.68 Å². The van der Waals surface area contributed by atoms with Gasteiger partial charge in [0.05, 0.1) is 20.6 Å². The third-order valence-corrected chi connectivity index (χ3v) is 5.53. The quantitative estimate of drug-likeness (QED) is 0.582. The molecule has 3 rings (SSSR count). The highest BCUT2D eigenvalue weighted by atomic mass is 35.5. The maximum absolute atomic E-state index is 12.9. The number of benzene rings is 1. The Morgan fingerprint density at radius 3 is 2.52 bits per heavy atom. The van der Waals surface area contributed by atoms with Crippen LogP contribution in [0, 0.1) is 0 Å². The number of amides is 1. The molecule has 1 aromatic carbocycles. The molecule has 0 spiro atoms. The van der Waals surface area contributed by atoms with Crippen LogP contribution < -0.4 is 0 Å². The molecule has 0 atom stereocenters. The molecule has 0 aliphatic rings. The lowest BCUT2D eigenvalue weighted by molar-refractivity contribution is 0.0764. The summed E-state index contributed by atoms with van der Waals surface area (Å²) in [5, 5.41) is 7.52. The van der Waals surface area contributed by atoms with Crippen molar-refractivity contribution in [3.63, 3.8) is 0 Å². The molecule has 3 aromatic rings. The SMILES string of the molecule is CCN(CC)C(=O)c1cc(-c2cccs2)nn1-c1ccc(Cl)c(Cl)c1. The summed E-state index contributed by atoms with van der Waals surface area (Å²) in [7, 11) is 0. The number of hydrogen-bond donors (Lipinski definition) is 0. The zero-order chi connectivity index (χ0) is 18.0. The van der Waals surface area contributed by atoms with Gasteiger partial charge in [-0.2, -0.15) is 5.10 Å². The van der Waals surface area contributed by atoms with E-state index < -0.39 is 0 Å². The summed E-state index contributed by atoms with van der Waals surface area (Å²) in [6.07, 6.45) is 0. The minimum Gasteiger partial charge on any atom is -0.338 e. The van der Waals surface area contributed by atoms with Crippen LogP contribution in [-0.4, -0.2) is 33.7 Å². The van der Waals surface area contributed by atoms with Gasteiger partial charge in [-0.15, -0.1) is 11.3 Å². The average molecular weight is 394 g/mol. The maximum atomic E-state index is 12.9. The molecule has 0 N–H and O–H groups in total. The Bertz CT molecular complexity index is 886.